The average molecular weight is 228 g/mol. The topological polar surface area (TPSA) is 46.6 Å². The Morgan fingerprint density at radius 2 is 2.15 bits per heavy atom. The summed E-state index contributed by atoms with van der Waals surface area (Å²) in [5.41, 5.74) is 0. The molecule has 0 aromatic heterocycles. The fourth-order valence-electron chi connectivity index (χ4n) is 1.12. The molecule has 78 valence electrons. The quantitative estimate of drug-likeness (QED) is 0.520. The van der Waals surface area contributed by atoms with Crippen molar-refractivity contribution in [2.45, 2.75) is 19.3 Å². The van der Waals surface area contributed by atoms with Gasteiger partial charge in [0.05, 0.1) is 12.4 Å². The minimum atomic E-state index is -3.18. The van der Waals surface area contributed by atoms with Crippen molar-refractivity contribution in [2.75, 3.05) is 24.8 Å². The molecule has 1 aliphatic heterocycles. The molecule has 1 fully saturated rings. The number of hydroxylamine groups is 1. The summed E-state index contributed by atoms with van der Waals surface area (Å²) in [7, 11) is -3.18. The lowest BCUT2D eigenvalue weighted by Crippen LogP contribution is -2.29. The number of alkyl halides is 1. The Hall–Kier alpha value is 0.160. The van der Waals surface area contributed by atoms with Crippen LogP contribution in [0.3, 0.4) is 0 Å². The molecule has 0 aromatic rings. The number of rotatable bonds is 5. The first-order valence-corrected chi connectivity index (χ1v) is 6.50. The maximum atomic E-state index is 11.5. The van der Waals surface area contributed by atoms with Crippen LogP contribution >= 0.6 is 11.6 Å². The van der Waals surface area contributed by atoms with Gasteiger partial charge in [-0.05, 0) is 19.3 Å². The van der Waals surface area contributed by atoms with Crippen molar-refractivity contribution < 1.29 is 13.3 Å². The summed E-state index contributed by atoms with van der Waals surface area (Å²) in [4.78, 5) is 4.96. The van der Waals surface area contributed by atoms with Gasteiger partial charge in [-0.1, -0.05) is 4.47 Å². The number of hydrogen-bond acceptors (Lipinski definition) is 3. The van der Waals surface area contributed by atoms with E-state index in [9.17, 15) is 8.42 Å². The molecule has 1 rings (SSSR count). The minimum absolute atomic E-state index is 0.139. The maximum absolute atomic E-state index is 11.5. The number of hydrogen-bond donors (Lipinski definition) is 0. The monoisotopic (exact) mass is 227 g/mol. The number of halogens is 1. The van der Waals surface area contributed by atoms with Crippen molar-refractivity contribution in [3.63, 3.8) is 0 Å². The molecule has 13 heavy (non-hydrogen) atoms. The van der Waals surface area contributed by atoms with E-state index in [0.29, 0.717) is 25.5 Å². The highest BCUT2D eigenvalue weighted by Gasteiger charge is 2.25. The smallest absolute Gasteiger partial charge is 0.236 e. The van der Waals surface area contributed by atoms with Crippen molar-refractivity contribution in [3.8, 4) is 0 Å². The average Bonchev–Trinajstić information content (AvgIpc) is 2.56. The highest BCUT2D eigenvalue weighted by Crippen LogP contribution is 2.12. The van der Waals surface area contributed by atoms with E-state index in [1.807, 2.05) is 0 Å². The molecule has 0 amide bonds. The molecule has 0 bridgehead atoms. The summed E-state index contributed by atoms with van der Waals surface area (Å²) >= 11 is 5.45. The number of sulfonamides is 1. The third kappa shape index (κ3) is 3.42. The van der Waals surface area contributed by atoms with E-state index in [-0.39, 0.29) is 5.75 Å². The Morgan fingerprint density at radius 3 is 2.69 bits per heavy atom. The van der Waals surface area contributed by atoms with Gasteiger partial charge in [0, 0.05) is 12.4 Å². The molecule has 0 unspecified atom stereocenters. The first kappa shape index (κ1) is 11.2. The third-order valence-electron chi connectivity index (χ3n) is 1.82. The van der Waals surface area contributed by atoms with Gasteiger partial charge in [-0.15, -0.1) is 11.6 Å². The first-order chi connectivity index (χ1) is 6.17. The van der Waals surface area contributed by atoms with Crippen LogP contribution in [-0.2, 0) is 14.9 Å². The van der Waals surface area contributed by atoms with Crippen LogP contribution in [0.15, 0.2) is 0 Å². The summed E-state index contributed by atoms with van der Waals surface area (Å²) in [6.45, 7) is 0.998. The van der Waals surface area contributed by atoms with Crippen molar-refractivity contribution in [1.82, 2.24) is 4.47 Å². The van der Waals surface area contributed by atoms with Crippen LogP contribution in [0.4, 0.5) is 0 Å². The molecule has 1 aliphatic rings. The normalized spacial score (nSPS) is 19.5. The van der Waals surface area contributed by atoms with Gasteiger partial charge in [0.15, 0.2) is 0 Å². The second-order valence-electron chi connectivity index (χ2n) is 2.93. The number of nitrogens with zero attached hydrogens (tertiary/aromatic N) is 1. The van der Waals surface area contributed by atoms with Crippen LogP contribution in [0.25, 0.3) is 0 Å². The van der Waals surface area contributed by atoms with E-state index in [1.54, 1.807) is 0 Å². The van der Waals surface area contributed by atoms with Gasteiger partial charge in [0.2, 0.25) is 10.0 Å². The number of unbranched alkanes of at least 4 members (excludes halogenated alkanes) is 1. The first-order valence-electron chi connectivity index (χ1n) is 4.36. The molecule has 0 atom stereocenters. The molecule has 0 spiro atoms. The zero-order valence-electron chi connectivity index (χ0n) is 7.41. The van der Waals surface area contributed by atoms with Crippen LogP contribution < -0.4 is 0 Å². The van der Waals surface area contributed by atoms with Gasteiger partial charge in [-0.3, -0.25) is 4.84 Å². The van der Waals surface area contributed by atoms with Crippen LogP contribution in [0.1, 0.15) is 19.3 Å². The molecular formula is C7H14ClNO3S. The Morgan fingerprint density at radius 1 is 1.38 bits per heavy atom. The summed E-state index contributed by atoms with van der Waals surface area (Å²) in [6.07, 6.45) is 2.12. The molecule has 0 N–H and O–H groups in total. The van der Waals surface area contributed by atoms with Gasteiger partial charge in [-0.2, -0.15) is 0 Å². The molecule has 0 aliphatic carbocycles. The SMILES string of the molecule is O=S(=O)(CCCCCl)N1CCCO1. The molecule has 0 aromatic carbocycles. The van der Waals surface area contributed by atoms with Crippen molar-refractivity contribution in [3.05, 3.63) is 0 Å². The van der Waals surface area contributed by atoms with E-state index in [4.69, 9.17) is 16.4 Å². The highest BCUT2D eigenvalue weighted by atomic mass is 35.5. The second kappa shape index (κ2) is 5.14. The second-order valence-corrected chi connectivity index (χ2v) is 5.28. The van der Waals surface area contributed by atoms with E-state index >= 15 is 0 Å². The minimum Gasteiger partial charge on any atom is -0.284 e. The van der Waals surface area contributed by atoms with Crippen molar-refractivity contribution in [1.29, 1.82) is 0 Å². The van der Waals surface area contributed by atoms with Gasteiger partial charge in [0.1, 0.15) is 0 Å². The predicted octanol–water partition coefficient (Wildman–Crippen LogP) is 0.973. The standard InChI is InChI=1S/C7H14ClNO3S/c8-4-1-2-7-13(10,11)9-5-3-6-12-9/h1-7H2. The Bertz CT molecular complexity index is 236. The molecule has 4 nitrogen and oxygen atoms in total. The van der Waals surface area contributed by atoms with Crippen molar-refractivity contribution in [2.24, 2.45) is 0 Å². The predicted molar refractivity (Wildman–Crippen MR) is 51.0 cm³/mol. The lowest BCUT2D eigenvalue weighted by Gasteiger charge is -2.13. The van der Waals surface area contributed by atoms with E-state index < -0.39 is 10.0 Å². The zero-order chi connectivity index (χ0) is 9.73. The summed E-state index contributed by atoms with van der Waals surface area (Å²) in [5.74, 6) is 0.649. The Labute approximate surface area is 83.8 Å². The van der Waals surface area contributed by atoms with Crippen LogP contribution in [0.5, 0.6) is 0 Å². The van der Waals surface area contributed by atoms with Gasteiger partial charge >= 0.3 is 0 Å². The van der Waals surface area contributed by atoms with Crippen LogP contribution in [-0.4, -0.2) is 37.7 Å². The van der Waals surface area contributed by atoms with Gasteiger partial charge in [0.25, 0.3) is 0 Å². The highest BCUT2D eigenvalue weighted by molar-refractivity contribution is 7.88. The zero-order valence-corrected chi connectivity index (χ0v) is 8.98. The summed E-state index contributed by atoms with van der Waals surface area (Å²) in [5, 5.41) is 0. The summed E-state index contributed by atoms with van der Waals surface area (Å²) in [6, 6.07) is 0. The maximum Gasteiger partial charge on any atom is 0.236 e. The Balaban J connectivity index is 2.36. The van der Waals surface area contributed by atoms with Crippen LogP contribution in [0, 0.1) is 0 Å². The molecule has 0 saturated carbocycles. The molecular weight excluding hydrogens is 214 g/mol. The van der Waals surface area contributed by atoms with Gasteiger partial charge in [-0.25, -0.2) is 8.42 Å². The fourth-order valence-corrected chi connectivity index (χ4v) is 2.73. The lowest BCUT2D eigenvalue weighted by molar-refractivity contribution is -0.0284. The Kier molecular flexibility index (Phi) is 4.45. The lowest BCUT2D eigenvalue weighted by atomic mass is 10.4. The van der Waals surface area contributed by atoms with E-state index in [0.717, 1.165) is 17.3 Å². The molecule has 6 heteroatoms. The van der Waals surface area contributed by atoms with Crippen LogP contribution in [0.2, 0.25) is 0 Å². The molecule has 1 heterocycles. The third-order valence-corrected chi connectivity index (χ3v) is 3.80. The van der Waals surface area contributed by atoms with E-state index in [1.165, 1.54) is 0 Å². The summed E-state index contributed by atoms with van der Waals surface area (Å²) < 4.78 is 24.0. The molecule has 0 radical (unpaired) electrons. The van der Waals surface area contributed by atoms with Crippen molar-refractivity contribution >= 4 is 21.6 Å². The van der Waals surface area contributed by atoms with E-state index in [2.05, 4.69) is 0 Å². The molecule has 1 saturated heterocycles. The fraction of sp³-hybridized carbons (Fsp3) is 1.00. The van der Waals surface area contributed by atoms with Gasteiger partial charge < -0.3 is 0 Å². The largest absolute Gasteiger partial charge is 0.284 e.